The largest absolute Gasteiger partial charge is 0.362 e. The molecule has 3 nitrogen and oxygen atoms in total. The zero-order valence-electron chi connectivity index (χ0n) is 8.05. The summed E-state index contributed by atoms with van der Waals surface area (Å²) in [7, 11) is 0. The van der Waals surface area contributed by atoms with Crippen molar-refractivity contribution in [2.45, 2.75) is 0 Å². The molecule has 3 heteroatoms. The fourth-order valence-corrected chi connectivity index (χ4v) is 1.22. The SMILES string of the molecule is O=C(/C=C/c1ccc[nH]1)c1cccnc1. The van der Waals surface area contributed by atoms with Gasteiger partial charge in [0.1, 0.15) is 0 Å². The summed E-state index contributed by atoms with van der Waals surface area (Å²) in [5, 5.41) is 0. The third kappa shape index (κ3) is 2.40. The first kappa shape index (κ1) is 9.40. The van der Waals surface area contributed by atoms with Crippen molar-refractivity contribution in [3.63, 3.8) is 0 Å². The van der Waals surface area contributed by atoms with Gasteiger partial charge in [-0.25, -0.2) is 0 Å². The summed E-state index contributed by atoms with van der Waals surface area (Å²) >= 11 is 0. The van der Waals surface area contributed by atoms with Crippen LogP contribution in [0.2, 0.25) is 0 Å². The molecule has 0 saturated carbocycles. The van der Waals surface area contributed by atoms with E-state index in [2.05, 4.69) is 9.97 Å². The van der Waals surface area contributed by atoms with E-state index in [0.717, 1.165) is 5.69 Å². The van der Waals surface area contributed by atoms with Crippen LogP contribution >= 0.6 is 0 Å². The van der Waals surface area contributed by atoms with Gasteiger partial charge < -0.3 is 4.98 Å². The van der Waals surface area contributed by atoms with Crippen molar-refractivity contribution < 1.29 is 4.79 Å². The van der Waals surface area contributed by atoms with E-state index in [-0.39, 0.29) is 5.78 Å². The lowest BCUT2D eigenvalue weighted by atomic mass is 10.2. The molecular formula is C12H10N2O. The lowest BCUT2D eigenvalue weighted by Crippen LogP contribution is -1.93. The Bertz CT molecular complexity index is 458. The van der Waals surface area contributed by atoms with Crippen LogP contribution in [0.25, 0.3) is 6.08 Å². The molecule has 2 aromatic heterocycles. The molecule has 0 saturated heterocycles. The van der Waals surface area contributed by atoms with Crippen molar-refractivity contribution in [1.29, 1.82) is 0 Å². The molecule has 0 bridgehead atoms. The summed E-state index contributed by atoms with van der Waals surface area (Å²) < 4.78 is 0. The molecule has 0 aromatic carbocycles. The highest BCUT2D eigenvalue weighted by molar-refractivity contribution is 6.06. The van der Waals surface area contributed by atoms with Crippen LogP contribution in [0.15, 0.2) is 48.9 Å². The van der Waals surface area contributed by atoms with Gasteiger partial charge in [0, 0.05) is 29.8 Å². The Labute approximate surface area is 87.5 Å². The second-order valence-corrected chi connectivity index (χ2v) is 3.06. The molecule has 0 aliphatic heterocycles. The van der Waals surface area contributed by atoms with Crippen molar-refractivity contribution >= 4 is 11.9 Å². The van der Waals surface area contributed by atoms with Crippen LogP contribution in [0, 0.1) is 0 Å². The highest BCUT2D eigenvalue weighted by Crippen LogP contribution is 2.02. The molecule has 0 radical (unpaired) electrons. The zero-order valence-corrected chi connectivity index (χ0v) is 8.05. The first-order valence-corrected chi connectivity index (χ1v) is 4.62. The lowest BCUT2D eigenvalue weighted by Gasteiger charge is -1.92. The fraction of sp³-hybridized carbons (Fsp3) is 0. The Morgan fingerprint density at radius 1 is 1.33 bits per heavy atom. The van der Waals surface area contributed by atoms with E-state index in [1.807, 2.05) is 18.3 Å². The second kappa shape index (κ2) is 4.37. The van der Waals surface area contributed by atoms with Gasteiger partial charge in [-0.05, 0) is 36.4 Å². The van der Waals surface area contributed by atoms with E-state index < -0.39 is 0 Å². The Balaban J connectivity index is 2.11. The predicted molar refractivity (Wildman–Crippen MR) is 58.4 cm³/mol. The van der Waals surface area contributed by atoms with Crippen molar-refractivity contribution in [2.24, 2.45) is 0 Å². The van der Waals surface area contributed by atoms with Gasteiger partial charge in [0.2, 0.25) is 0 Å². The molecule has 15 heavy (non-hydrogen) atoms. The first-order chi connectivity index (χ1) is 7.36. The van der Waals surface area contributed by atoms with Gasteiger partial charge in [0.15, 0.2) is 5.78 Å². The molecule has 2 aromatic rings. The number of aromatic amines is 1. The van der Waals surface area contributed by atoms with Crippen LogP contribution in [0.4, 0.5) is 0 Å². The number of carbonyl (C=O) groups excluding carboxylic acids is 1. The number of nitrogens with zero attached hydrogens (tertiary/aromatic N) is 1. The molecular weight excluding hydrogens is 188 g/mol. The third-order valence-corrected chi connectivity index (χ3v) is 1.98. The van der Waals surface area contributed by atoms with E-state index in [1.165, 1.54) is 6.08 Å². The maximum absolute atomic E-state index is 11.6. The van der Waals surface area contributed by atoms with Crippen LogP contribution in [-0.2, 0) is 0 Å². The molecule has 0 unspecified atom stereocenters. The molecule has 0 aliphatic carbocycles. The van der Waals surface area contributed by atoms with Crippen molar-refractivity contribution in [1.82, 2.24) is 9.97 Å². The van der Waals surface area contributed by atoms with E-state index in [4.69, 9.17) is 0 Å². The molecule has 0 fully saturated rings. The number of nitrogens with one attached hydrogen (secondary N) is 1. The maximum atomic E-state index is 11.6. The number of pyridine rings is 1. The summed E-state index contributed by atoms with van der Waals surface area (Å²) in [5.74, 6) is -0.0438. The van der Waals surface area contributed by atoms with Gasteiger partial charge in [0.25, 0.3) is 0 Å². The molecule has 1 N–H and O–H groups in total. The number of allylic oxidation sites excluding steroid dienone is 1. The van der Waals surface area contributed by atoms with Crippen LogP contribution in [0.3, 0.4) is 0 Å². The molecule has 0 aliphatic rings. The number of H-pyrrole nitrogens is 1. The average Bonchev–Trinajstić information content (AvgIpc) is 2.80. The topological polar surface area (TPSA) is 45.8 Å². The Morgan fingerprint density at radius 2 is 2.27 bits per heavy atom. The van der Waals surface area contributed by atoms with Crippen LogP contribution in [0.5, 0.6) is 0 Å². The third-order valence-electron chi connectivity index (χ3n) is 1.98. The Hall–Kier alpha value is -2.16. The second-order valence-electron chi connectivity index (χ2n) is 3.06. The fourth-order valence-electron chi connectivity index (χ4n) is 1.22. The molecule has 74 valence electrons. The molecule has 2 heterocycles. The van der Waals surface area contributed by atoms with Crippen LogP contribution in [0.1, 0.15) is 16.1 Å². The van der Waals surface area contributed by atoms with Gasteiger partial charge >= 0.3 is 0 Å². The summed E-state index contributed by atoms with van der Waals surface area (Å²) in [4.78, 5) is 18.5. The van der Waals surface area contributed by atoms with E-state index in [9.17, 15) is 4.79 Å². The number of carbonyl (C=O) groups is 1. The van der Waals surface area contributed by atoms with Gasteiger partial charge in [-0.3, -0.25) is 9.78 Å². The van der Waals surface area contributed by atoms with Crippen LogP contribution in [-0.4, -0.2) is 15.8 Å². The quantitative estimate of drug-likeness (QED) is 0.607. The van der Waals surface area contributed by atoms with Crippen molar-refractivity contribution in [3.8, 4) is 0 Å². The van der Waals surface area contributed by atoms with Gasteiger partial charge in [0.05, 0.1) is 0 Å². The average molecular weight is 198 g/mol. The molecule has 2 rings (SSSR count). The van der Waals surface area contributed by atoms with Gasteiger partial charge in [-0.2, -0.15) is 0 Å². The zero-order chi connectivity index (χ0) is 10.5. The predicted octanol–water partition coefficient (Wildman–Crippen LogP) is 2.31. The number of ketones is 1. The number of hydrogen-bond acceptors (Lipinski definition) is 2. The van der Waals surface area contributed by atoms with Crippen LogP contribution < -0.4 is 0 Å². The number of aromatic nitrogens is 2. The minimum atomic E-state index is -0.0438. The number of rotatable bonds is 3. The minimum Gasteiger partial charge on any atom is -0.362 e. The lowest BCUT2D eigenvalue weighted by molar-refractivity contribution is 0.104. The Kier molecular flexibility index (Phi) is 2.74. The van der Waals surface area contributed by atoms with Crippen molar-refractivity contribution in [3.05, 3.63) is 60.2 Å². The van der Waals surface area contributed by atoms with Crippen molar-refractivity contribution in [2.75, 3.05) is 0 Å². The molecule has 0 amide bonds. The highest BCUT2D eigenvalue weighted by Gasteiger charge is 1.99. The standard InChI is InChI=1S/C12H10N2O/c15-12(10-3-1-7-13-9-10)6-5-11-4-2-8-14-11/h1-9,14H/b6-5+. The highest BCUT2D eigenvalue weighted by atomic mass is 16.1. The summed E-state index contributed by atoms with van der Waals surface area (Å²) in [5.41, 5.74) is 1.51. The normalized spacial score (nSPS) is 10.7. The smallest absolute Gasteiger partial charge is 0.187 e. The minimum absolute atomic E-state index is 0.0438. The monoisotopic (exact) mass is 198 g/mol. The molecule has 0 spiro atoms. The first-order valence-electron chi connectivity index (χ1n) is 4.62. The van der Waals surface area contributed by atoms with E-state index in [0.29, 0.717) is 5.56 Å². The summed E-state index contributed by atoms with van der Waals surface area (Å²) in [6.07, 6.45) is 8.29. The maximum Gasteiger partial charge on any atom is 0.187 e. The Morgan fingerprint density at radius 3 is 2.93 bits per heavy atom. The van der Waals surface area contributed by atoms with Gasteiger partial charge in [-0.1, -0.05) is 0 Å². The van der Waals surface area contributed by atoms with E-state index >= 15 is 0 Å². The molecule has 0 atom stereocenters. The summed E-state index contributed by atoms with van der Waals surface area (Å²) in [6, 6.07) is 7.27. The number of hydrogen-bond donors (Lipinski definition) is 1. The van der Waals surface area contributed by atoms with E-state index in [1.54, 1.807) is 30.6 Å². The van der Waals surface area contributed by atoms with Gasteiger partial charge in [-0.15, -0.1) is 0 Å². The summed E-state index contributed by atoms with van der Waals surface area (Å²) in [6.45, 7) is 0.